The largest absolute Gasteiger partial charge is 0.481 e. The molecular formula is C14H14ClF2NO3. The molecule has 0 aliphatic carbocycles. The van der Waals surface area contributed by atoms with Crippen LogP contribution in [0.1, 0.15) is 36.0 Å². The Bertz CT molecular complexity index is 580. The highest BCUT2D eigenvalue weighted by Gasteiger charge is 2.30. The van der Waals surface area contributed by atoms with Gasteiger partial charge in [0.15, 0.2) is 11.6 Å². The lowest BCUT2D eigenvalue weighted by atomic mass is 9.98. The van der Waals surface area contributed by atoms with Crippen LogP contribution in [0.2, 0.25) is 5.02 Å². The molecule has 1 atom stereocenters. The van der Waals surface area contributed by atoms with Crippen LogP contribution in [0, 0.1) is 11.6 Å². The van der Waals surface area contributed by atoms with Gasteiger partial charge in [0.1, 0.15) is 0 Å². The first-order valence-corrected chi connectivity index (χ1v) is 6.95. The summed E-state index contributed by atoms with van der Waals surface area (Å²) in [6.07, 6.45) is 1.96. The Morgan fingerprint density at radius 2 is 1.95 bits per heavy atom. The number of carboxylic acid groups (broad SMARTS) is 1. The molecule has 1 saturated heterocycles. The van der Waals surface area contributed by atoms with Gasteiger partial charge in [0, 0.05) is 12.6 Å². The van der Waals surface area contributed by atoms with E-state index >= 15 is 0 Å². The minimum atomic E-state index is -1.16. The summed E-state index contributed by atoms with van der Waals surface area (Å²) in [6.45, 7) is 0.381. The van der Waals surface area contributed by atoms with Crippen LogP contribution in [-0.2, 0) is 4.79 Å². The van der Waals surface area contributed by atoms with Crippen molar-refractivity contribution in [2.45, 2.75) is 31.7 Å². The van der Waals surface area contributed by atoms with Crippen LogP contribution in [0.4, 0.5) is 8.78 Å². The number of nitrogens with zero attached hydrogens (tertiary/aromatic N) is 1. The normalized spacial score (nSPS) is 18.6. The third kappa shape index (κ3) is 3.50. The number of aliphatic carboxylic acids is 1. The number of halogens is 3. The van der Waals surface area contributed by atoms with Gasteiger partial charge in [0.2, 0.25) is 0 Å². The first kappa shape index (κ1) is 15.7. The van der Waals surface area contributed by atoms with E-state index in [4.69, 9.17) is 16.7 Å². The summed E-state index contributed by atoms with van der Waals surface area (Å²) in [6, 6.07) is 1.06. The van der Waals surface area contributed by atoms with E-state index in [9.17, 15) is 18.4 Å². The molecule has 7 heteroatoms. The third-order valence-electron chi connectivity index (χ3n) is 3.54. The van der Waals surface area contributed by atoms with E-state index in [1.165, 1.54) is 4.90 Å². The van der Waals surface area contributed by atoms with Gasteiger partial charge in [-0.1, -0.05) is 11.6 Å². The summed E-state index contributed by atoms with van der Waals surface area (Å²) in [4.78, 5) is 24.7. The van der Waals surface area contributed by atoms with Crippen molar-refractivity contribution < 1.29 is 23.5 Å². The number of hydrogen-bond acceptors (Lipinski definition) is 2. The molecule has 4 nitrogen and oxygen atoms in total. The smallest absolute Gasteiger partial charge is 0.305 e. The number of rotatable bonds is 3. The Morgan fingerprint density at radius 3 is 2.62 bits per heavy atom. The van der Waals surface area contributed by atoms with Gasteiger partial charge < -0.3 is 10.0 Å². The quantitative estimate of drug-likeness (QED) is 0.872. The minimum Gasteiger partial charge on any atom is -0.481 e. The van der Waals surface area contributed by atoms with Crippen LogP contribution < -0.4 is 0 Å². The summed E-state index contributed by atoms with van der Waals surface area (Å²) in [7, 11) is 0. The Morgan fingerprint density at radius 1 is 1.29 bits per heavy atom. The number of hydrogen-bond donors (Lipinski definition) is 1. The van der Waals surface area contributed by atoms with Crippen molar-refractivity contribution >= 4 is 23.5 Å². The lowest BCUT2D eigenvalue weighted by molar-refractivity contribution is -0.138. The van der Waals surface area contributed by atoms with E-state index in [1.807, 2.05) is 0 Å². The van der Waals surface area contributed by atoms with Gasteiger partial charge in [-0.05, 0) is 31.4 Å². The number of likely N-dealkylation sites (tertiary alicyclic amines) is 1. The van der Waals surface area contributed by atoms with Crippen LogP contribution in [0.15, 0.2) is 12.1 Å². The topological polar surface area (TPSA) is 57.6 Å². The zero-order valence-corrected chi connectivity index (χ0v) is 11.9. The number of carboxylic acids is 1. The van der Waals surface area contributed by atoms with E-state index in [0.29, 0.717) is 13.0 Å². The molecule has 0 radical (unpaired) electrons. The molecule has 1 aliphatic heterocycles. The minimum absolute atomic E-state index is 0.146. The lowest BCUT2D eigenvalue weighted by Gasteiger charge is -2.35. The van der Waals surface area contributed by atoms with Gasteiger partial charge in [-0.25, -0.2) is 8.78 Å². The van der Waals surface area contributed by atoms with E-state index in [1.54, 1.807) is 0 Å². The van der Waals surface area contributed by atoms with Crippen LogP contribution in [0.25, 0.3) is 0 Å². The van der Waals surface area contributed by atoms with Crippen molar-refractivity contribution in [3.05, 3.63) is 34.4 Å². The fourth-order valence-corrected chi connectivity index (χ4v) is 2.75. The molecule has 1 heterocycles. The number of piperidine rings is 1. The molecule has 0 spiro atoms. The van der Waals surface area contributed by atoms with Gasteiger partial charge in [0.25, 0.3) is 5.91 Å². The Hall–Kier alpha value is -1.69. The SMILES string of the molecule is O=C(O)CC1CCCCN1C(=O)c1cc(F)c(F)cc1Cl. The Kier molecular flexibility index (Phi) is 4.77. The average Bonchev–Trinajstić information content (AvgIpc) is 2.42. The molecule has 1 unspecified atom stereocenters. The molecule has 1 fully saturated rings. The van der Waals surface area contributed by atoms with Crippen LogP contribution in [-0.4, -0.2) is 34.5 Å². The number of carbonyl (C=O) groups is 2. The summed E-state index contributed by atoms with van der Waals surface area (Å²) in [5.41, 5.74) is -0.146. The van der Waals surface area contributed by atoms with Crippen molar-refractivity contribution in [2.75, 3.05) is 6.54 Å². The highest BCUT2D eigenvalue weighted by molar-refractivity contribution is 6.33. The molecule has 21 heavy (non-hydrogen) atoms. The number of benzene rings is 1. The third-order valence-corrected chi connectivity index (χ3v) is 3.85. The van der Waals surface area contributed by atoms with Crippen molar-refractivity contribution in [1.82, 2.24) is 4.90 Å². The van der Waals surface area contributed by atoms with E-state index in [2.05, 4.69) is 0 Å². The summed E-state index contributed by atoms with van der Waals surface area (Å²) >= 11 is 5.80. The maximum absolute atomic E-state index is 13.3. The van der Waals surface area contributed by atoms with Gasteiger partial charge in [-0.3, -0.25) is 9.59 Å². The molecule has 2 rings (SSSR count). The standard InChI is InChI=1S/C14H14ClF2NO3/c15-10-7-12(17)11(16)6-9(10)14(21)18-4-2-1-3-8(18)5-13(19)20/h6-8H,1-5H2,(H,19,20). The van der Waals surface area contributed by atoms with Crippen molar-refractivity contribution in [3.63, 3.8) is 0 Å². The monoisotopic (exact) mass is 317 g/mol. The van der Waals surface area contributed by atoms with Crippen LogP contribution >= 0.6 is 11.6 Å². The first-order chi connectivity index (χ1) is 9.90. The zero-order valence-electron chi connectivity index (χ0n) is 11.1. The van der Waals surface area contributed by atoms with Crippen molar-refractivity contribution in [2.24, 2.45) is 0 Å². The fraction of sp³-hybridized carbons (Fsp3) is 0.429. The average molecular weight is 318 g/mol. The highest BCUT2D eigenvalue weighted by Crippen LogP contribution is 2.26. The molecule has 1 aromatic rings. The number of amides is 1. The molecule has 114 valence electrons. The second-order valence-electron chi connectivity index (χ2n) is 4.99. The number of carbonyl (C=O) groups excluding carboxylic acids is 1. The molecule has 1 amide bonds. The summed E-state index contributed by atoms with van der Waals surface area (Å²) in [5, 5.41) is 8.72. The van der Waals surface area contributed by atoms with Gasteiger partial charge in [-0.15, -0.1) is 0 Å². The fourth-order valence-electron chi connectivity index (χ4n) is 2.52. The predicted molar refractivity (Wildman–Crippen MR) is 72.3 cm³/mol. The van der Waals surface area contributed by atoms with E-state index in [0.717, 1.165) is 25.0 Å². The van der Waals surface area contributed by atoms with Crippen molar-refractivity contribution in [1.29, 1.82) is 0 Å². The van der Waals surface area contributed by atoms with Crippen LogP contribution in [0.5, 0.6) is 0 Å². The summed E-state index contributed by atoms with van der Waals surface area (Å²) in [5.74, 6) is -3.85. The van der Waals surface area contributed by atoms with Gasteiger partial charge >= 0.3 is 5.97 Å². The molecular weight excluding hydrogens is 304 g/mol. The first-order valence-electron chi connectivity index (χ1n) is 6.57. The van der Waals surface area contributed by atoms with Gasteiger partial charge in [-0.2, -0.15) is 0 Å². The van der Waals surface area contributed by atoms with Gasteiger partial charge in [0.05, 0.1) is 17.0 Å². The highest BCUT2D eigenvalue weighted by atomic mass is 35.5. The lowest BCUT2D eigenvalue weighted by Crippen LogP contribution is -2.44. The Balaban J connectivity index is 2.28. The molecule has 1 N–H and O–H groups in total. The molecule has 1 aliphatic rings. The molecule has 0 bridgehead atoms. The zero-order chi connectivity index (χ0) is 15.6. The maximum atomic E-state index is 13.3. The summed E-state index contributed by atoms with van der Waals surface area (Å²) < 4.78 is 26.3. The predicted octanol–water partition coefficient (Wildman–Crippen LogP) is 3.09. The van der Waals surface area contributed by atoms with E-state index in [-0.39, 0.29) is 17.0 Å². The van der Waals surface area contributed by atoms with Crippen LogP contribution in [0.3, 0.4) is 0 Å². The second-order valence-corrected chi connectivity index (χ2v) is 5.40. The Labute approximate surface area is 125 Å². The molecule has 1 aromatic carbocycles. The molecule has 0 saturated carbocycles. The van der Waals surface area contributed by atoms with E-state index < -0.39 is 29.6 Å². The maximum Gasteiger partial charge on any atom is 0.305 e. The van der Waals surface area contributed by atoms with Crippen molar-refractivity contribution in [3.8, 4) is 0 Å². The second kappa shape index (κ2) is 6.39. The molecule has 0 aromatic heterocycles.